The van der Waals surface area contributed by atoms with Gasteiger partial charge >= 0.3 is 0 Å². The molecule has 0 amide bonds. The lowest BCUT2D eigenvalue weighted by atomic mass is 10.0. The molecule has 1 saturated heterocycles. The van der Waals surface area contributed by atoms with E-state index in [1.165, 1.54) is 18.4 Å². The van der Waals surface area contributed by atoms with E-state index in [9.17, 15) is 0 Å². The number of benzene rings is 1. The molecule has 1 aromatic carbocycles. The first-order valence-electron chi connectivity index (χ1n) is 9.18. The molecule has 1 fully saturated rings. The first kappa shape index (κ1) is 16.6. The SMILES string of the molecule is CC1CCCN(c2cc(NCc3ccccc3-n3cccn3)ncn2)C1. The second-order valence-electron chi connectivity index (χ2n) is 6.89. The molecule has 0 bridgehead atoms. The van der Waals surface area contributed by atoms with Crippen molar-refractivity contribution in [3.8, 4) is 5.69 Å². The molecule has 1 unspecified atom stereocenters. The van der Waals surface area contributed by atoms with E-state index in [2.05, 4.69) is 50.4 Å². The highest BCUT2D eigenvalue weighted by molar-refractivity contribution is 5.50. The van der Waals surface area contributed by atoms with Crippen LogP contribution in [-0.4, -0.2) is 32.8 Å². The van der Waals surface area contributed by atoms with Gasteiger partial charge in [-0.2, -0.15) is 5.10 Å². The minimum Gasteiger partial charge on any atom is -0.366 e. The van der Waals surface area contributed by atoms with Crippen LogP contribution >= 0.6 is 0 Å². The Bertz CT molecular complexity index is 845. The molecule has 6 nitrogen and oxygen atoms in total. The molecule has 26 heavy (non-hydrogen) atoms. The molecule has 1 N–H and O–H groups in total. The number of nitrogens with zero attached hydrogens (tertiary/aromatic N) is 5. The van der Waals surface area contributed by atoms with Crippen LogP contribution in [0.3, 0.4) is 0 Å². The average Bonchev–Trinajstić information content (AvgIpc) is 3.21. The van der Waals surface area contributed by atoms with Gasteiger partial charge in [0.05, 0.1) is 5.69 Å². The van der Waals surface area contributed by atoms with Crippen LogP contribution in [0.5, 0.6) is 0 Å². The van der Waals surface area contributed by atoms with E-state index in [-0.39, 0.29) is 0 Å². The van der Waals surface area contributed by atoms with Crippen LogP contribution in [-0.2, 0) is 6.54 Å². The summed E-state index contributed by atoms with van der Waals surface area (Å²) in [5, 5.41) is 7.78. The van der Waals surface area contributed by atoms with Crippen molar-refractivity contribution in [2.75, 3.05) is 23.3 Å². The molecular weight excluding hydrogens is 324 g/mol. The monoisotopic (exact) mass is 348 g/mol. The second-order valence-corrected chi connectivity index (χ2v) is 6.89. The lowest BCUT2D eigenvalue weighted by Gasteiger charge is -2.31. The van der Waals surface area contributed by atoms with Gasteiger partial charge in [0.25, 0.3) is 0 Å². The molecule has 6 heteroatoms. The van der Waals surface area contributed by atoms with Crippen molar-refractivity contribution in [1.29, 1.82) is 0 Å². The molecule has 1 aliphatic rings. The Labute approximate surface area is 153 Å². The third-order valence-corrected chi connectivity index (χ3v) is 4.84. The smallest absolute Gasteiger partial charge is 0.134 e. The molecular formula is C20H24N6. The van der Waals surface area contributed by atoms with Gasteiger partial charge in [0.15, 0.2) is 0 Å². The Morgan fingerprint density at radius 1 is 1.19 bits per heavy atom. The second kappa shape index (κ2) is 7.56. The molecule has 0 radical (unpaired) electrons. The van der Waals surface area contributed by atoms with Gasteiger partial charge in [-0.15, -0.1) is 0 Å². The highest BCUT2D eigenvalue weighted by atomic mass is 15.3. The summed E-state index contributed by atoms with van der Waals surface area (Å²) >= 11 is 0. The van der Waals surface area contributed by atoms with Gasteiger partial charge in [-0.3, -0.25) is 0 Å². The molecule has 2 aromatic heterocycles. The van der Waals surface area contributed by atoms with Crippen molar-refractivity contribution in [2.45, 2.75) is 26.3 Å². The van der Waals surface area contributed by atoms with E-state index in [4.69, 9.17) is 0 Å². The van der Waals surface area contributed by atoms with E-state index < -0.39 is 0 Å². The maximum Gasteiger partial charge on any atom is 0.134 e. The number of anilines is 2. The summed E-state index contributed by atoms with van der Waals surface area (Å²) in [5.74, 6) is 2.58. The van der Waals surface area contributed by atoms with E-state index in [0.29, 0.717) is 6.54 Å². The first-order valence-corrected chi connectivity index (χ1v) is 9.18. The summed E-state index contributed by atoms with van der Waals surface area (Å²) in [4.78, 5) is 11.2. The zero-order chi connectivity index (χ0) is 17.8. The Morgan fingerprint density at radius 2 is 2.12 bits per heavy atom. The van der Waals surface area contributed by atoms with E-state index in [1.54, 1.807) is 12.5 Å². The van der Waals surface area contributed by atoms with Crippen LogP contribution in [0.15, 0.2) is 55.1 Å². The van der Waals surface area contributed by atoms with Crippen molar-refractivity contribution in [3.05, 3.63) is 60.7 Å². The van der Waals surface area contributed by atoms with Crippen LogP contribution in [0.1, 0.15) is 25.3 Å². The molecule has 4 rings (SSSR count). The lowest BCUT2D eigenvalue weighted by Crippen LogP contribution is -2.34. The number of rotatable bonds is 5. The van der Waals surface area contributed by atoms with E-state index in [1.807, 2.05) is 29.1 Å². The first-order chi connectivity index (χ1) is 12.8. The number of para-hydroxylation sites is 1. The van der Waals surface area contributed by atoms with Crippen molar-refractivity contribution in [2.24, 2.45) is 5.92 Å². The topological polar surface area (TPSA) is 58.9 Å². The molecule has 3 heterocycles. The lowest BCUT2D eigenvalue weighted by molar-refractivity contribution is 0.444. The Hall–Kier alpha value is -2.89. The maximum absolute atomic E-state index is 4.47. The molecule has 134 valence electrons. The summed E-state index contributed by atoms with van der Waals surface area (Å²) in [5.41, 5.74) is 2.24. The summed E-state index contributed by atoms with van der Waals surface area (Å²) < 4.78 is 1.89. The summed E-state index contributed by atoms with van der Waals surface area (Å²) in [6, 6.07) is 12.2. The van der Waals surface area contributed by atoms with Crippen LogP contribution < -0.4 is 10.2 Å². The van der Waals surface area contributed by atoms with Gasteiger partial charge in [0.2, 0.25) is 0 Å². The van der Waals surface area contributed by atoms with Gasteiger partial charge in [-0.1, -0.05) is 25.1 Å². The van der Waals surface area contributed by atoms with Gasteiger partial charge in [0, 0.05) is 38.1 Å². The fourth-order valence-electron chi connectivity index (χ4n) is 3.50. The van der Waals surface area contributed by atoms with Crippen LogP contribution in [0.4, 0.5) is 11.6 Å². The zero-order valence-electron chi connectivity index (χ0n) is 15.0. The minimum absolute atomic E-state index is 0.683. The summed E-state index contributed by atoms with van der Waals surface area (Å²) in [6.07, 6.45) is 7.93. The van der Waals surface area contributed by atoms with Crippen LogP contribution in [0.2, 0.25) is 0 Å². The predicted octanol–water partition coefficient (Wildman–Crippen LogP) is 3.51. The normalized spacial score (nSPS) is 17.3. The fraction of sp³-hybridized carbons (Fsp3) is 0.350. The predicted molar refractivity (Wildman–Crippen MR) is 104 cm³/mol. The van der Waals surface area contributed by atoms with Gasteiger partial charge in [0.1, 0.15) is 18.0 Å². The number of piperidine rings is 1. The van der Waals surface area contributed by atoms with Gasteiger partial charge in [-0.25, -0.2) is 14.6 Å². The number of hydrogen-bond acceptors (Lipinski definition) is 5. The average molecular weight is 348 g/mol. The number of aromatic nitrogens is 4. The van der Waals surface area contributed by atoms with E-state index in [0.717, 1.165) is 36.3 Å². The third kappa shape index (κ3) is 3.69. The fourth-order valence-corrected chi connectivity index (χ4v) is 3.50. The Kier molecular flexibility index (Phi) is 4.82. The van der Waals surface area contributed by atoms with Crippen molar-refractivity contribution in [3.63, 3.8) is 0 Å². The highest BCUT2D eigenvalue weighted by Gasteiger charge is 2.18. The van der Waals surface area contributed by atoms with Gasteiger partial charge in [-0.05, 0) is 36.5 Å². The quantitative estimate of drug-likeness (QED) is 0.764. The number of hydrogen-bond donors (Lipinski definition) is 1. The molecule has 0 spiro atoms. The Balaban J connectivity index is 1.48. The van der Waals surface area contributed by atoms with Crippen LogP contribution in [0.25, 0.3) is 5.69 Å². The maximum atomic E-state index is 4.47. The molecule has 0 aliphatic carbocycles. The Morgan fingerprint density at radius 3 is 2.96 bits per heavy atom. The van der Waals surface area contributed by atoms with E-state index >= 15 is 0 Å². The minimum atomic E-state index is 0.683. The highest BCUT2D eigenvalue weighted by Crippen LogP contribution is 2.23. The molecule has 3 aromatic rings. The zero-order valence-corrected chi connectivity index (χ0v) is 15.0. The van der Waals surface area contributed by atoms with Crippen LogP contribution in [0, 0.1) is 5.92 Å². The summed E-state index contributed by atoms with van der Waals surface area (Å²) in [6.45, 7) is 5.13. The van der Waals surface area contributed by atoms with Gasteiger partial charge < -0.3 is 10.2 Å². The largest absolute Gasteiger partial charge is 0.366 e. The third-order valence-electron chi connectivity index (χ3n) is 4.84. The molecule has 0 saturated carbocycles. The number of nitrogens with one attached hydrogen (secondary N) is 1. The van der Waals surface area contributed by atoms with Crippen molar-refractivity contribution < 1.29 is 0 Å². The standard InChI is InChI=1S/C20H24N6/c1-16-6-4-10-25(14-16)20-12-19(22-15-23-20)21-13-17-7-2-3-8-18(17)26-11-5-9-24-26/h2-3,5,7-9,11-12,15-16H,4,6,10,13-14H2,1H3,(H,21,22,23). The molecule has 1 aliphatic heterocycles. The summed E-state index contributed by atoms with van der Waals surface area (Å²) in [7, 11) is 0. The van der Waals surface area contributed by atoms with Crippen molar-refractivity contribution in [1.82, 2.24) is 19.7 Å². The molecule has 1 atom stereocenters. The van der Waals surface area contributed by atoms with Crippen molar-refractivity contribution >= 4 is 11.6 Å².